The maximum absolute atomic E-state index is 11.4. The first-order valence-electron chi connectivity index (χ1n) is 5.39. The Morgan fingerprint density at radius 3 is 2.19 bits per heavy atom. The lowest BCUT2D eigenvalue weighted by atomic mass is 9.62. The Bertz CT molecular complexity index is 345. The number of carboxylic acids is 2. The predicted molar refractivity (Wildman–Crippen MR) is 59.0 cm³/mol. The minimum atomic E-state index is -1.05. The Balaban J connectivity index is 3.16. The van der Waals surface area contributed by atoms with E-state index in [4.69, 9.17) is 5.11 Å². The molecule has 1 aliphatic rings. The molecule has 16 heavy (non-hydrogen) atoms. The summed E-state index contributed by atoms with van der Waals surface area (Å²) < 4.78 is 0. The second kappa shape index (κ2) is 3.92. The third-order valence-electron chi connectivity index (χ3n) is 3.61. The van der Waals surface area contributed by atoms with Crippen molar-refractivity contribution in [2.45, 2.75) is 33.6 Å². The van der Waals surface area contributed by atoms with Gasteiger partial charge in [0.25, 0.3) is 0 Å². The second-order valence-corrected chi connectivity index (χ2v) is 5.15. The van der Waals surface area contributed by atoms with Gasteiger partial charge in [0.15, 0.2) is 0 Å². The van der Waals surface area contributed by atoms with Gasteiger partial charge in [-0.05, 0) is 25.7 Å². The highest BCUT2D eigenvalue weighted by Gasteiger charge is 2.49. The van der Waals surface area contributed by atoms with Crippen LogP contribution in [0.25, 0.3) is 0 Å². The largest absolute Gasteiger partial charge is 0.481 e. The molecule has 0 fully saturated rings. The van der Waals surface area contributed by atoms with Crippen molar-refractivity contribution in [3.63, 3.8) is 0 Å². The van der Waals surface area contributed by atoms with Crippen LogP contribution in [0.5, 0.6) is 0 Å². The Kier molecular flexibility index (Phi) is 3.13. The van der Waals surface area contributed by atoms with Crippen molar-refractivity contribution in [2.75, 3.05) is 0 Å². The molecule has 2 N–H and O–H groups in total. The summed E-state index contributed by atoms with van der Waals surface area (Å²) in [4.78, 5) is 22.6. The molecule has 2 unspecified atom stereocenters. The van der Waals surface area contributed by atoms with E-state index in [1.165, 1.54) is 0 Å². The van der Waals surface area contributed by atoms with Crippen molar-refractivity contribution >= 4 is 11.9 Å². The molecular weight excluding hydrogens is 208 g/mol. The highest BCUT2D eigenvalue weighted by atomic mass is 16.4. The molecule has 0 saturated carbocycles. The monoisotopic (exact) mass is 226 g/mol. The summed E-state index contributed by atoms with van der Waals surface area (Å²) in [6, 6.07) is 0. The van der Waals surface area contributed by atoms with E-state index in [0.29, 0.717) is 6.42 Å². The van der Waals surface area contributed by atoms with Crippen LogP contribution in [0.4, 0.5) is 0 Å². The summed E-state index contributed by atoms with van der Waals surface area (Å²) in [5.41, 5.74) is -2.02. The van der Waals surface area contributed by atoms with E-state index in [1.807, 2.05) is 13.8 Å². The van der Waals surface area contributed by atoms with Crippen LogP contribution in [0.2, 0.25) is 0 Å². The summed E-state index contributed by atoms with van der Waals surface area (Å²) >= 11 is 0. The van der Waals surface area contributed by atoms with Gasteiger partial charge in [-0.15, -0.1) is 0 Å². The first-order valence-corrected chi connectivity index (χ1v) is 5.39. The van der Waals surface area contributed by atoms with Gasteiger partial charge in [-0.25, -0.2) is 0 Å². The van der Waals surface area contributed by atoms with Crippen molar-refractivity contribution in [3.8, 4) is 0 Å². The van der Waals surface area contributed by atoms with Crippen molar-refractivity contribution in [2.24, 2.45) is 16.7 Å². The molecule has 0 aromatic rings. The number of carbonyl (C=O) groups is 2. The number of aliphatic carboxylic acids is 2. The first-order chi connectivity index (χ1) is 7.24. The van der Waals surface area contributed by atoms with Gasteiger partial charge >= 0.3 is 11.9 Å². The van der Waals surface area contributed by atoms with Crippen LogP contribution < -0.4 is 0 Å². The molecule has 90 valence electrons. The SMILES string of the molecule is CC(C)C1(C(=O)O)C=CCC(C)(C(=O)O)C1. The van der Waals surface area contributed by atoms with Crippen LogP contribution in [0.3, 0.4) is 0 Å². The van der Waals surface area contributed by atoms with Crippen molar-refractivity contribution in [1.29, 1.82) is 0 Å². The Morgan fingerprint density at radius 2 is 1.81 bits per heavy atom. The van der Waals surface area contributed by atoms with Gasteiger partial charge < -0.3 is 10.2 Å². The van der Waals surface area contributed by atoms with Crippen LogP contribution >= 0.6 is 0 Å². The normalized spacial score (nSPS) is 34.0. The number of hydrogen-bond acceptors (Lipinski definition) is 2. The van der Waals surface area contributed by atoms with Gasteiger partial charge in [0.2, 0.25) is 0 Å². The first kappa shape index (κ1) is 12.7. The van der Waals surface area contributed by atoms with Crippen LogP contribution in [0.15, 0.2) is 12.2 Å². The standard InChI is InChI=1S/C12H18O4/c1-8(2)12(10(15)16)6-4-5-11(3,7-12)9(13)14/h4,6,8H,5,7H2,1-3H3,(H,13,14)(H,15,16). The topological polar surface area (TPSA) is 74.6 Å². The van der Waals surface area contributed by atoms with Gasteiger partial charge in [-0.2, -0.15) is 0 Å². The summed E-state index contributed by atoms with van der Waals surface area (Å²) in [5.74, 6) is -1.99. The highest BCUT2D eigenvalue weighted by molar-refractivity contribution is 5.81. The molecule has 0 saturated heterocycles. The summed E-state index contributed by atoms with van der Waals surface area (Å²) in [5, 5.41) is 18.5. The fraction of sp³-hybridized carbons (Fsp3) is 0.667. The molecule has 0 aromatic heterocycles. The zero-order chi connectivity index (χ0) is 12.6. The van der Waals surface area contributed by atoms with E-state index in [9.17, 15) is 14.7 Å². The number of rotatable bonds is 3. The number of hydrogen-bond donors (Lipinski definition) is 2. The van der Waals surface area contributed by atoms with Gasteiger partial charge in [-0.1, -0.05) is 26.0 Å². The third kappa shape index (κ3) is 1.84. The van der Waals surface area contributed by atoms with Gasteiger partial charge in [0, 0.05) is 0 Å². The summed E-state index contributed by atoms with van der Waals surface area (Å²) in [6.45, 7) is 5.23. The Hall–Kier alpha value is -1.32. The molecule has 0 aliphatic heterocycles. The summed E-state index contributed by atoms with van der Waals surface area (Å²) in [7, 11) is 0. The van der Waals surface area contributed by atoms with Crippen LogP contribution in [0, 0.1) is 16.7 Å². The highest BCUT2D eigenvalue weighted by Crippen LogP contribution is 2.47. The third-order valence-corrected chi connectivity index (χ3v) is 3.61. The van der Waals surface area contributed by atoms with Crippen molar-refractivity contribution in [3.05, 3.63) is 12.2 Å². The number of carboxylic acid groups (broad SMARTS) is 2. The fourth-order valence-corrected chi connectivity index (χ4v) is 2.26. The number of allylic oxidation sites excluding steroid dienone is 1. The summed E-state index contributed by atoms with van der Waals surface area (Å²) in [6.07, 6.45) is 3.89. The maximum Gasteiger partial charge on any atom is 0.313 e. The van der Waals surface area contributed by atoms with Gasteiger partial charge in [0.1, 0.15) is 0 Å². The van der Waals surface area contributed by atoms with Crippen LogP contribution in [0.1, 0.15) is 33.6 Å². The molecule has 2 atom stereocenters. The zero-order valence-electron chi connectivity index (χ0n) is 9.86. The Morgan fingerprint density at radius 1 is 1.25 bits per heavy atom. The smallest absolute Gasteiger partial charge is 0.313 e. The van der Waals surface area contributed by atoms with Crippen molar-refractivity contribution < 1.29 is 19.8 Å². The quantitative estimate of drug-likeness (QED) is 0.723. The lowest BCUT2D eigenvalue weighted by Gasteiger charge is -2.40. The minimum Gasteiger partial charge on any atom is -0.481 e. The molecule has 1 aliphatic carbocycles. The molecule has 0 spiro atoms. The van der Waals surface area contributed by atoms with Gasteiger partial charge in [0.05, 0.1) is 10.8 Å². The molecule has 1 rings (SSSR count). The van der Waals surface area contributed by atoms with E-state index in [0.717, 1.165) is 0 Å². The molecule has 0 amide bonds. The zero-order valence-corrected chi connectivity index (χ0v) is 9.86. The van der Waals surface area contributed by atoms with E-state index in [1.54, 1.807) is 19.1 Å². The molecule has 4 nitrogen and oxygen atoms in total. The minimum absolute atomic E-state index is 0.125. The average Bonchev–Trinajstić information content (AvgIpc) is 2.16. The Labute approximate surface area is 95.0 Å². The lowest BCUT2D eigenvalue weighted by molar-refractivity contribution is -0.157. The predicted octanol–water partition coefficient (Wildman–Crippen LogP) is 2.15. The van der Waals surface area contributed by atoms with E-state index >= 15 is 0 Å². The molecular formula is C12H18O4. The molecule has 0 heterocycles. The molecule has 0 aromatic carbocycles. The maximum atomic E-state index is 11.4. The van der Waals surface area contributed by atoms with E-state index in [2.05, 4.69) is 0 Å². The van der Waals surface area contributed by atoms with Gasteiger partial charge in [-0.3, -0.25) is 9.59 Å². The molecule has 0 bridgehead atoms. The molecule has 0 radical (unpaired) electrons. The van der Waals surface area contributed by atoms with E-state index < -0.39 is 22.8 Å². The average molecular weight is 226 g/mol. The van der Waals surface area contributed by atoms with Crippen LogP contribution in [-0.4, -0.2) is 22.2 Å². The van der Waals surface area contributed by atoms with Crippen LogP contribution in [-0.2, 0) is 9.59 Å². The lowest BCUT2D eigenvalue weighted by Crippen LogP contribution is -2.44. The van der Waals surface area contributed by atoms with Crippen molar-refractivity contribution in [1.82, 2.24) is 0 Å². The second-order valence-electron chi connectivity index (χ2n) is 5.15. The fourth-order valence-electron chi connectivity index (χ4n) is 2.26. The molecule has 4 heteroatoms. The van der Waals surface area contributed by atoms with E-state index in [-0.39, 0.29) is 12.3 Å².